The van der Waals surface area contributed by atoms with Crippen molar-refractivity contribution in [2.45, 2.75) is 18.3 Å². The Morgan fingerprint density at radius 2 is 2.24 bits per heavy atom. The van der Waals surface area contributed by atoms with Crippen LogP contribution in [0.4, 0.5) is 0 Å². The van der Waals surface area contributed by atoms with Gasteiger partial charge in [0.25, 0.3) is 0 Å². The molecule has 1 fully saturated rings. The largest absolute Gasteiger partial charge is 0.495 e. The van der Waals surface area contributed by atoms with E-state index in [2.05, 4.69) is 6.07 Å². The molecule has 94 valence electrons. The summed E-state index contributed by atoms with van der Waals surface area (Å²) in [4.78, 5) is 0. The number of nitrogens with two attached hydrogens (primary N) is 1. The van der Waals surface area contributed by atoms with E-state index in [1.54, 1.807) is 7.11 Å². The Hall–Kier alpha value is -0.770. The van der Waals surface area contributed by atoms with Crippen molar-refractivity contribution in [1.29, 1.82) is 0 Å². The Kier molecular flexibility index (Phi) is 3.92. The lowest BCUT2D eigenvalue weighted by Gasteiger charge is -2.42. The molecule has 0 atom stereocenters. The van der Waals surface area contributed by atoms with E-state index in [1.807, 2.05) is 12.1 Å². The zero-order valence-electron chi connectivity index (χ0n) is 10.0. The summed E-state index contributed by atoms with van der Waals surface area (Å²) in [5, 5.41) is 0.657. The standard InChI is InChI=1S/C13H18ClNO2/c1-16-12-4-3-10(7-11(12)14)13(5-2-6-15)8-17-9-13/h3-4,7H,2,5-6,8-9,15H2,1H3. The van der Waals surface area contributed by atoms with Gasteiger partial charge in [0.1, 0.15) is 5.75 Å². The lowest BCUT2D eigenvalue weighted by atomic mass is 9.75. The van der Waals surface area contributed by atoms with Crippen molar-refractivity contribution in [3.05, 3.63) is 28.8 Å². The third-order valence-corrected chi connectivity index (χ3v) is 3.68. The molecular weight excluding hydrogens is 238 g/mol. The van der Waals surface area contributed by atoms with Crippen LogP contribution in [0.1, 0.15) is 18.4 Å². The van der Waals surface area contributed by atoms with Crippen LogP contribution in [0.5, 0.6) is 5.75 Å². The van der Waals surface area contributed by atoms with Crippen LogP contribution in [-0.4, -0.2) is 26.9 Å². The zero-order valence-corrected chi connectivity index (χ0v) is 10.8. The molecule has 0 aliphatic carbocycles. The van der Waals surface area contributed by atoms with Gasteiger partial charge in [-0.3, -0.25) is 0 Å². The van der Waals surface area contributed by atoms with Crippen LogP contribution in [0.15, 0.2) is 18.2 Å². The normalized spacial score (nSPS) is 17.6. The molecule has 1 aromatic carbocycles. The third-order valence-electron chi connectivity index (χ3n) is 3.38. The van der Waals surface area contributed by atoms with E-state index in [4.69, 9.17) is 26.8 Å². The van der Waals surface area contributed by atoms with Crippen LogP contribution in [0.25, 0.3) is 0 Å². The van der Waals surface area contributed by atoms with E-state index in [9.17, 15) is 0 Å². The third kappa shape index (κ3) is 2.41. The Labute approximate surface area is 107 Å². The van der Waals surface area contributed by atoms with Crippen molar-refractivity contribution in [3.63, 3.8) is 0 Å². The first-order valence-corrected chi connectivity index (χ1v) is 6.21. The van der Waals surface area contributed by atoms with E-state index in [0.717, 1.165) is 26.1 Å². The van der Waals surface area contributed by atoms with Gasteiger partial charge in [-0.05, 0) is 37.1 Å². The summed E-state index contributed by atoms with van der Waals surface area (Å²) in [5.41, 5.74) is 6.91. The molecule has 1 saturated heterocycles. The van der Waals surface area contributed by atoms with Crippen LogP contribution in [0.3, 0.4) is 0 Å². The molecule has 2 N–H and O–H groups in total. The Morgan fingerprint density at radius 1 is 1.47 bits per heavy atom. The number of hydrogen-bond acceptors (Lipinski definition) is 3. The summed E-state index contributed by atoms with van der Waals surface area (Å²) in [6, 6.07) is 5.98. The van der Waals surface area contributed by atoms with Crippen molar-refractivity contribution in [1.82, 2.24) is 0 Å². The summed E-state index contributed by atoms with van der Waals surface area (Å²) in [6.45, 7) is 2.23. The van der Waals surface area contributed by atoms with Crippen molar-refractivity contribution in [2.75, 3.05) is 26.9 Å². The molecule has 3 nitrogen and oxygen atoms in total. The second-order valence-electron chi connectivity index (χ2n) is 4.51. The molecule has 17 heavy (non-hydrogen) atoms. The SMILES string of the molecule is COc1ccc(C2(CCCN)COC2)cc1Cl. The van der Waals surface area contributed by atoms with E-state index in [-0.39, 0.29) is 5.41 Å². The average Bonchev–Trinajstić information content (AvgIpc) is 2.28. The molecule has 1 heterocycles. The van der Waals surface area contributed by atoms with Gasteiger partial charge in [-0.2, -0.15) is 0 Å². The van der Waals surface area contributed by atoms with Crippen LogP contribution in [0.2, 0.25) is 5.02 Å². The van der Waals surface area contributed by atoms with Crippen LogP contribution >= 0.6 is 11.6 Å². The maximum absolute atomic E-state index is 6.16. The van der Waals surface area contributed by atoms with Gasteiger partial charge in [-0.15, -0.1) is 0 Å². The first-order chi connectivity index (χ1) is 8.22. The molecule has 1 aliphatic rings. The van der Waals surface area contributed by atoms with Crippen LogP contribution in [0, 0.1) is 0 Å². The quantitative estimate of drug-likeness (QED) is 0.879. The summed E-state index contributed by atoms with van der Waals surface area (Å²) in [6.07, 6.45) is 2.05. The van der Waals surface area contributed by atoms with Crippen molar-refractivity contribution in [3.8, 4) is 5.75 Å². The van der Waals surface area contributed by atoms with Gasteiger partial charge in [0.15, 0.2) is 0 Å². The van der Waals surface area contributed by atoms with Gasteiger partial charge in [0.2, 0.25) is 0 Å². The van der Waals surface area contributed by atoms with Gasteiger partial charge in [-0.25, -0.2) is 0 Å². The van der Waals surface area contributed by atoms with Gasteiger partial charge in [-0.1, -0.05) is 17.7 Å². The molecule has 0 spiro atoms. The van der Waals surface area contributed by atoms with Crippen LogP contribution in [-0.2, 0) is 10.2 Å². The molecule has 0 aromatic heterocycles. The smallest absolute Gasteiger partial charge is 0.137 e. The van der Waals surface area contributed by atoms with E-state index in [0.29, 0.717) is 17.3 Å². The fourth-order valence-corrected chi connectivity index (χ4v) is 2.50. The number of ether oxygens (including phenoxy) is 2. The first kappa shape index (κ1) is 12.7. The van der Waals surface area contributed by atoms with Crippen molar-refractivity contribution < 1.29 is 9.47 Å². The highest BCUT2D eigenvalue weighted by Gasteiger charge is 2.39. The fraction of sp³-hybridized carbons (Fsp3) is 0.538. The summed E-state index contributed by atoms with van der Waals surface area (Å²) in [7, 11) is 1.62. The molecule has 0 unspecified atom stereocenters. The van der Waals surface area contributed by atoms with Gasteiger partial charge in [0.05, 0.1) is 25.3 Å². The number of benzene rings is 1. The molecule has 4 heteroatoms. The van der Waals surface area contributed by atoms with E-state index in [1.165, 1.54) is 5.56 Å². The maximum atomic E-state index is 6.16. The average molecular weight is 256 g/mol. The number of halogens is 1. The number of hydrogen-bond donors (Lipinski definition) is 1. The molecular formula is C13H18ClNO2. The predicted molar refractivity (Wildman–Crippen MR) is 68.8 cm³/mol. The van der Waals surface area contributed by atoms with Gasteiger partial charge < -0.3 is 15.2 Å². The Morgan fingerprint density at radius 3 is 2.71 bits per heavy atom. The zero-order chi connectivity index (χ0) is 12.3. The monoisotopic (exact) mass is 255 g/mol. The summed E-state index contributed by atoms with van der Waals surface area (Å²) < 4.78 is 10.5. The molecule has 0 bridgehead atoms. The number of rotatable bonds is 5. The molecule has 0 amide bonds. The van der Waals surface area contributed by atoms with Crippen LogP contribution < -0.4 is 10.5 Å². The highest BCUT2D eigenvalue weighted by Crippen LogP contribution is 2.39. The second-order valence-corrected chi connectivity index (χ2v) is 4.92. The second kappa shape index (κ2) is 5.25. The number of methoxy groups -OCH3 is 1. The predicted octanol–water partition coefficient (Wildman–Crippen LogP) is 2.36. The van der Waals surface area contributed by atoms with E-state index < -0.39 is 0 Å². The Bertz CT molecular complexity index is 391. The fourth-order valence-electron chi connectivity index (χ4n) is 2.24. The lowest BCUT2D eigenvalue weighted by Crippen LogP contribution is -2.47. The molecule has 1 aliphatic heterocycles. The first-order valence-electron chi connectivity index (χ1n) is 5.84. The molecule has 0 saturated carbocycles. The van der Waals surface area contributed by atoms with E-state index >= 15 is 0 Å². The van der Waals surface area contributed by atoms with Gasteiger partial charge in [0, 0.05) is 5.41 Å². The Balaban J connectivity index is 2.22. The summed E-state index contributed by atoms with van der Waals surface area (Å²) in [5.74, 6) is 0.713. The highest BCUT2D eigenvalue weighted by atomic mass is 35.5. The highest BCUT2D eigenvalue weighted by molar-refractivity contribution is 6.32. The minimum absolute atomic E-state index is 0.106. The summed E-state index contributed by atoms with van der Waals surface area (Å²) >= 11 is 6.16. The van der Waals surface area contributed by atoms with Crippen molar-refractivity contribution >= 4 is 11.6 Å². The molecule has 2 rings (SSSR count). The maximum Gasteiger partial charge on any atom is 0.137 e. The minimum Gasteiger partial charge on any atom is -0.495 e. The molecule has 1 aromatic rings. The van der Waals surface area contributed by atoms with Crippen molar-refractivity contribution in [2.24, 2.45) is 5.73 Å². The topological polar surface area (TPSA) is 44.5 Å². The minimum atomic E-state index is 0.106. The molecule has 0 radical (unpaired) electrons. The lowest BCUT2D eigenvalue weighted by molar-refractivity contribution is -0.0649. The van der Waals surface area contributed by atoms with Gasteiger partial charge >= 0.3 is 0 Å².